The summed E-state index contributed by atoms with van der Waals surface area (Å²) in [5.74, 6) is 3.78. The Morgan fingerprint density at radius 3 is 1.72 bits per heavy atom. The first-order valence-electron chi connectivity index (χ1n) is 21.8. The van der Waals surface area contributed by atoms with Gasteiger partial charge in [-0.2, -0.15) is 0 Å². The Morgan fingerprint density at radius 2 is 1.07 bits per heavy atom. The Labute approximate surface area is 358 Å². The van der Waals surface area contributed by atoms with Crippen LogP contribution in [-0.2, 0) is 0 Å². The first-order chi connectivity index (χ1) is 29.6. The average Bonchev–Trinajstić information content (AvgIpc) is 3.89. The summed E-state index contributed by atoms with van der Waals surface area (Å²) in [4.78, 5) is 9.79. The van der Waals surface area contributed by atoms with Crippen molar-refractivity contribution in [3.05, 3.63) is 168 Å². The molecule has 4 aromatic heterocycles. The molecule has 0 amide bonds. The molecule has 5 heteroatoms. The highest BCUT2D eigenvalue weighted by Gasteiger charge is 2.25. The van der Waals surface area contributed by atoms with Crippen molar-refractivity contribution in [2.75, 3.05) is 0 Å². The van der Waals surface area contributed by atoms with Crippen molar-refractivity contribution in [1.29, 1.82) is 0 Å². The maximum Gasteiger partial charge on any atom is 0.145 e. The molecule has 0 aliphatic heterocycles. The van der Waals surface area contributed by atoms with E-state index in [1.807, 2.05) is 24.5 Å². The lowest BCUT2D eigenvalue weighted by Gasteiger charge is -2.25. The van der Waals surface area contributed by atoms with Gasteiger partial charge in [-0.3, -0.25) is 8.97 Å². The zero-order chi connectivity index (χ0) is 42.1. The number of hydrogen-bond acceptors (Lipinski definition) is 3. The van der Waals surface area contributed by atoms with Gasteiger partial charge in [0.25, 0.3) is 0 Å². The molecule has 10 rings (SSSR count). The van der Waals surface area contributed by atoms with Crippen molar-refractivity contribution in [3.8, 4) is 39.6 Å². The first-order valence-corrected chi connectivity index (χ1v) is 21.8. The van der Waals surface area contributed by atoms with Crippen LogP contribution >= 0.6 is 0 Å². The number of nitrogens with zero attached hydrogens (tertiary/aromatic N) is 4. The summed E-state index contributed by atoms with van der Waals surface area (Å²) >= 11 is 0. The molecule has 4 heterocycles. The lowest BCUT2D eigenvalue weighted by atomic mass is 9.80. The van der Waals surface area contributed by atoms with Crippen molar-refractivity contribution in [3.63, 3.8) is 0 Å². The van der Waals surface area contributed by atoms with Crippen LogP contribution in [0.5, 0.6) is 11.5 Å². The van der Waals surface area contributed by atoms with Gasteiger partial charge in [-0.15, -0.1) is 0 Å². The maximum atomic E-state index is 6.80. The highest BCUT2D eigenvalue weighted by molar-refractivity contribution is 6.17. The predicted octanol–water partition coefficient (Wildman–Crippen LogP) is 15.8. The molecule has 0 radical (unpaired) electrons. The lowest BCUT2D eigenvalue weighted by Crippen LogP contribution is -2.04. The van der Waals surface area contributed by atoms with E-state index in [9.17, 15) is 0 Å². The van der Waals surface area contributed by atoms with Crippen LogP contribution in [0.15, 0.2) is 146 Å². The number of aromatic nitrogens is 4. The summed E-state index contributed by atoms with van der Waals surface area (Å²) < 4.78 is 11.3. The summed E-state index contributed by atoms with van der Waals surface area (Å²) in [5.41, 5.74) is 14.9. The largest absolute Gasteiger partial charge is 0.457 e. The minimum absolute atomic E-state index is 0.337. The van der Waals surface area contributed by atoms with Gasteiger partial charge in [-0.1, -0.05) is 116 Å². The molecule has 5 nitrogen and oxygen atoms in total. The molecule has 0 aliphatic rings. The van der Waals surface area contributed by atoms with Crippen LogP contribution in [0.1, 0.15) is 101 Å². The second kappa shape index (κ2) is 15.1. The molecule has 302 valence electrons. The van der Waals surface area contributed by atoms with Gasteiger partial charge in [-0.05, 0) is 129 Å². The maximum absolute atomic E-state index is 6.80. The van der Waals surface area contributed by atoms with Crippen LogP contribution < -0.4 is 4.74 Å². The van der Waals surface area contributed by atoms with E-state index in [-0.39, 0.29) is 0 Å². The number of fused-ring (bicyclic) bond motifs is 9. The molecule has 0 fully saturated rings. The van der Waals surface area contributed by atoms with Gasteiger partial charge in [-0.25, -0.2) is 9.97 Å². The summed E-state index contributed by atoms with van der Waals surface area (Å²) in [7, 11) is 0. The van der Waals surface area contributed by atoms with Crippen molar-refractivity contribution in [2.45, 2.75) is 79.1 Å². The van der Waals surface area contributed by atoms with E-state index in [0.717, 1.165) is 50.2 Å². The van der Waals surface area contributed by atoms with Gasteiger partial charge in [0.1, 0.15) is 23.0 Å². The smallest absolute Gasteiger partial charge is 0.145 e. The molecule has 0 saturated heterocycles. The molecule has 0 N–H and O–H groups in total. The van der Waals surface area contributed by atoms with Crippen LogP contribution in [-0.4, -0.2) is 18.9 Å². The van der Waals surface area contributed by atoms with Crippen LogP contribution in [0.3, 0.4) is 0 Å². The van der Waals surface area contributed by atoms with Crippen molar-refractivity contribution in [1.82, 2.24) is 18.9 Å². The van der Waals surface area contributed by atoms with Crippen LogP contribution in [0.2, 0.25) is 0 Å². The molecule has 10 aromatic rings. The molecule has 0 spiro atoms. The highest BCUT2D eigenvalue weighted by Crippen LogP contribution is 2.47. The SMILES string of the molecule is CC(C)c1cccc(C(C)C)c1-c1cc(-c2c(C(C)C)cccc2C(C)C)c2c(c1)c1ccc(Oc3ccc4c5ccccc5n(-c5ccccn5)c4c3)cc1c1nccn12. The monoisotopic (exact) mass is 796 g/mol. The van der Waals surface area contributed by atoms with Crippen molar-refractivity contribution < 1.29 is 4.74 Å². The number of hydrogen-bond donors (Lipinski definition) is 0. The van der Waals surface area contributed by atoms with E-state index < -0.39 is 0 Å². The molecular weight excluding hydrogens is 745 g/mol. The molecule has 0 atom stereocenters. The van der Waals surface area contributed by atoms with Crippen LogP contribution in [0.25, 0.3) is 77.2 Å². The summed E-state index contributed by atoms with van der Waals surface area (Å²) in [6.07, 6.45) is 5.91. The average molecular weight is 797 g/mol. The third-order valence-electron chi connectivity index (χ3n) is 12.6. The number of para-hydroxylation sites is 1. The fourth-order valence-corrected chi connectivity index (χ4v) is 9.75. The Balaban J connectivity index is 1.23. The summed E-state index contributed by atoms with van der Waals surface area (Å²) in [6, 6.07) is 46.2. The minimum Gasteiger partial charge on any atom is -0.457 e. The number of pyridine rings is 2. The van der Waals surface area contributed by atoms with E-state index >= 15 is 0 Å². The topological polar surface area (TPSA) is 44.3 Å². The number of ether oxygens (including phenoxy) is 1. The minimum atomic E-state index is 0.337. The van der Waals surface area contributed by atoms with Gasteiger partial charge in [0.2, 0.25) is 0 Å². The van der Waals surface area contributed by atoms with Gasteiger partial charge >= 0.3 is 0 Å². The number of rotatable bonds is 9. The molecule has 0 unspecified atom stereocenters. The Kier molecular flexibility index (Phi) is 9.51. The normalized spacial score (nSPS) is 12.2. The predicted molar refractivity (Wildman–Crippen MR) is 256 cm³/mol. The standard InChI is InChI=1S/C56H52N4O/c1-33(2)40-16-13-17-41(34(3)4)53(40)37-29-47-44-24-22-38(61-39-23-25-46-45-15-9-10-20-50(45)60(51(46)32-39)52-21-11-12-26-57-52)31-48(44)56-58-27-28-59(56)55(47)49(30-37)54-42(35(5)6)18-14-19-43(54)36(7)8/h9-36H,1-8H3. The molecule has 0 aliphatic carbocycles. The molecule has 0 saturated carbocycles. The lowest BCUT2D eigenvalue weighted by molar-refractivity contribution is 0.484. The van der Waals surface area contributed by atoms with E-state index in [0.29, 0.717) is 23.7 Å². The second-order valence-electron chi connectivity index (χ2n) is 17.8. The zero-order valence-electron chi connectivity index (χ0n) is 36.4. The fraction of sp³-hybridized carbons (Fsp3) is 0.214. The molecule has 6 aromatic carbocycles. The third kappa shape index (κ3) is 6.37. The Bertz CT molecular complexity index is 3240. The first kappa shape index (κ1) is 38.5. The second-order valence-corrected chi connectivity index (χ2v) is 17.8. The number of imidazole rings is 1. The summed E-state index contributed by atoms with van der Waals surface area (Å²) in [6.45, 7) is 18.5. The number of benzene rings is 6. The highest BCUT2D eigenvalue weighted by atomic mass is 16.5. The molecular formula is C56H52N4O. The van der Waals surface area contributed by atoms with Crippen molar-refractivity contribution >= 4 is 49.1 Å². The van der Waals surface area contributed by atoms with Crippen molar-refractivity contribution in [2.24, 2.45) is 0 Å². The molecule has 61 heavy (non-hydrogen) atoms. The fourth-order valence-electron chi connectivity index (χ4n) is 9.75. The van der Waals surface area contributed by atoms with E-state index in [4.69, 9.17) is 14.7 Å². The Hall–Kier alpha value is -6.72. The van der Waals surface area contributed by atoms with Crippen LogP contribution in [0, 0.1) is 0 Å². The van der Waals surface area contributed by atoms with Gasteiger partial charge in [0.15, 0.2) is 0 Å². The van der Waals surface area contributed by atoms with E-state index in [1.54, 1.807) is 0 Å². The van der Waals surface area contributed by atoms with E-state index in [1.165, 1.54) is 60.8 Å². The zero-order valence-corrected chi connectivity index (χ0v) is 36.4. The van der Waals surface area contributed by atoms with Crippen LogP contribution in [0.4, 0.5) is 0 Å². The van der Waals surface area contributed by atoms with Gasteiger partial charge in [0, 0.05) is 51.8 Å². The third-order valence-corrected chi connectivity index (χ3v) is 12.6. The van der Waals surface area contributed by atoms with Gasteiger partial charge in [0.05, 0.1) is 16.6 Å². The summed E-state index contributed by atoms with van der Waals surface area (Å²) in [5, 5.41) is 5.73. The van der Waals surface area contributed by atoms with E-state index in [2.05, 4.69) is 186 Å². The Morgan fingerprint density at radius 1 is 0.459 bits per heavy atom. The van der Waals surface area contributed by atoms with Gasteiger partial charge < -0.3 is 4.74 Å². The molecule has 0 bridgehead atoms. The quantitative estimate of drug-likeness (QED) is 0.137.